The molecule has 0 atom stereocenters. The molecule has 5 heteroatoms. The van der Waals surface area contributed by atoms with Crippen molar-refractivity contribution < 1.29 is 9.53 Å². The van der Waals surface area contributed by atoms with Gasteiger partial charge in [0.05, 0.1) is 15.6 Å². The number of benzene rings is 3. The summed E-state index contributed by atoms with van der Waals surface area (Å²) in [4.78, 5) is 12.7. The summed E-state index contributed by atoms with van der Waals surface area (Å²) < 4.78 is 0.641. The minimum Gasteiger partial charge on any atom is -0.618 e. The van der Waals surface area contributed by atoms with Gasteiger partial charge in [-0.2, -0.15) is 4.74 Å². The van der Waals surface area contributed by atoms with E-state index in [2.05, 4.69) is 0 Å². The average molecular weight is 342 g/mol. The molecule has 0 saturated heterocycles. The topological polar surface area (TPSA) is 43.1 Å². The van der Waals surface area contributed by atoms with Crippen LogP contribution < -0.4 is 0 Å². The van der Waals surface area contributed by atoms with Gasteiger partial charge in [0.25, 0.3) is 11.5 Å². The summed E-state index contributed by atoms with van der Waals surface area (Å²) in [6, 6.07) is 16.0. The molecule has 0 spiro atoms. The highest BCUT2D eigenvalue weighted by Crippen LogP contribution is 2.36. The highest BCUT2D eigenvalue weighted by Gasteiger charge is 2.38. The first-order valence-corrected chi connectivity index (χ1v) is 7.69. The van der Waals surface area contributed by atoms with Crippen molar-refractivity contribution in [2.24, 2.45) is 0 Å². The van der Waals surface area contributed by atoms with Crippen LogP contribution in [0.15, 0.2) is 54.6 Å². The highest BCUT2D eigenvalue weighted by molar-refractivity contribution is 6.54. The molecule has 1 aliphatic rings. The van der Waals surface area contributed by atoms with Crippen LogP contribution in [0.25, 0.3) is 10.8 Å². The second-order valence-electron chi connectivity index (χ2n) is 5.28. The van der Waals surface area contributed by atoms with Crippen molar-refractivity contribution in [3.8, 4) is 0 Å². The zero-order chi connectivity index (χ0) is 16.1. The van der Waals surface area contributed by atoms with Gasteiger partial charge in [-0.3, -0.25) is 4.79 Å². The highest BCUT2D eigenvalue weighted by atomic mass is 35.5. The number of rotatable bonds is 1. The van der Waals surface area contributed by atoms with E-state index >= 15 is 0 Å². The minimum atomic E-state index is -0.343. The van der Waals surface area contributed by atoms with Gasteiger partial charge in [-0.15, -0.1) is 0 Å². The number of Topliss-reactive ketones (excluding diaryl/α,β-unsaturated/α-hetero) is 1. The molecular formula is C18H9Cl2NO2. The maximum absolute atomic E-state index is 12.7. The molecule has 112 valence electrons. The van der Waals surface area contributed by atoms with E-state index in [4.69, 9.17) is 23.2 Å². The molecule has 0 radical (unpaired) electrons. The summed E-state index contributed by atoms with van der Waals surface area (Å²) in [6.45, 7) is 0. The molecule has 1 aliphatic heterocycles. The summed E-state index contributed by atoms with van der Waals surface area (Å²) in [5.74, 6) is -0.343. The Morgan fingerprint density at radius 1 is 0.870 bits per heavy atom. The van der Waals surface area contributed by atoms with Gasteiger partial charge >= 0.3 is 0 Å². The summed E-state index contributed by atoms with van der Waals surface area (Å²) in [6.07, 6.45) is 0. The Morgan fingerprint density at radius 3 is 2.39 bits per heavy atom. The van der Waals surface area contributed by atoms with Crippen LogP contribution in [0, 0.1) is 5.21 Å². The van der Waals surface area contributed by atoms with Crippen LogP contribution in [-0.2, 0) is 0 Å². The lowest BCUT2D eigenvalue weighted by Gasteiger charge is -2.05. The molecule has 23 heavy (non-hydrogen) atoms. The first kappa shape index (κ1) is 14.2. The van der Waals surface area contributed by atoms with Crippen LogP contribution in [0.1, 0.15) is 15.9 Å². The van der Waals surface area contributed by atoms with Gasteiger partial charge in [0.2, 0.25) is 5.69 Å². The molecule has 0 fully saturated rings. The van der Waals surface area contributed by atoms with Crippen LogP contribution in [0.3, 0.4) is 0 Å². The van der Waals surface area contributed by atoms with Gasteiger partial charge < -0.3 is 5.21 Å². The van der Waals surface area contributed by atoms with E-state index in [9.17, 15) is 10.0 Å². The molecule has 0 aliphatic carbocycles. The first-order chi connectivity index (χ1) is 11.1. The smallest absolute Gasteiger partial charge is 0.273 e. The number of ketones is 1. The second kappa shape index (κ2) is 5.08. The molecule has 3 aromatic rings. The van der Waals surface area contributed by atoms with E-state index in [-0.39, 0.29) is 32.8 Å². The summed E-state index contributed by atoms with van der Waals surface area (Å²) >= 11 is 12.0. The van der Waals surface area contributed by atoms with E-state index in [1.54, 1.807) is 6.07 Å². The maximum Gasteiger partial charge on any atom is 0.273 e. The maximum atomic E-state index is 12.7. The van der Waals surface area contributed by atoms with Crippen molar-refractivity contribution >= 4 is 51.2 Å². The van der Waals surface area contributed by atoms with Crippen LogP contribution in [-0.4, -0.2) is 16.2 Å². The van der Waals surface area contributed by atoms with Crippen molar-refractivity contribution in [3.05, 3.63) is 81.0 Å². The number of halogens is 2. The van der Waals surface area contributed by atoms with Gasteiger partial charge in [-0.25, -0.2) is 0 Å². The molecule has 3 aromatic carbocycles. The van der Waals surface area contributed by atoms with Gasteiger partial charge in [0.1, 0.15) is 5.56 Å². The summed E-state index contributed by atoms with van der Waals surface area (Å²) in [5, 5.41) is 15.0. The fraction of sp³-hybridized carbons (Fsp3) is 0. The molecular weight excluding hydrogens is 333 g/mol. The van der Waals surface area contributed by atoms with E-state index in [1.165, 1.54) is 12.1 Å². The monoisotopic (exact) mass is 341 g/mol. The van der Waals surface area contributed by atoms with Crippen molar-refractivity contribution in [1.82, 2.24) is 0 Å². The Labute approximate surface area is 142 Å². The fourth-order valence-electron chi connectivity index (χ4n) is 2.89. The van der Waals surface area contributed by atoms with Crippen molar-refractivity contribution in [3.63, 3.8) is 0 Å². The zero-order valence-corrected chi connectivity index (χ0v) is 13.2. The van der Waals surface area contributed by atoms with Crippen molar-refractivity contribution in [2.45, 2.75) is 0 Å². The molecule has 0 N–H and O–H groups in total. The Kier molecular flexibility index (Phi) is 3.15. The first-order valence-electron chi connectivity index (χ1n) is 6.94. The molecule has 1 heterocycles. The predicted octanol–water partition coefficient (Wildman–Crippen LogP) is 4.97. The molecule has 0 aromatic heterocycles. The normalized spacial score (nSPS) is 13.7. The third kappa shape index (κ3) is 2.05. The van der Waals surface area contributed by atoms with E-state index in [0.717, 1.165) is 10.8 Å². The number of hydrogen-bond donors (Lipinski definition) is 0. The minimum absolute atomic E-state index is 0.0927. The van der Waals surface area contributed by atoms with Gasteiger partial charge in [-0.1, -0.05) is 59.6 Å². The largest absolute Gasteiger partial charge is 0.618 e. The molecule has 4 rings (SSSR count). The molecule has 0 unspecified atom stereocenters. The number of fused-ring (bicyclic) bond motifs is 2. The van der Waals surface area contributed by atoms with Crippen LogP contribution in [0.2, 0.25) is 10.0 Å². The van der Waals surface area contributed by atoms with Gasteiger partial charge in [0.15, 0.2) is 0 Å². The van der Waals surface area contributed by atoms with Crippen molar-refractivity contribution in [2.75, 3.05) is 0 Å². The Hall–Kier alpha value is -2.36. The van der Waals surface area contributed by atoms with Crippen LogP contribution in [0.4, 0.5) is 5.69 Å². The SMILES string of the molecule is O=C1C(c2cccc3ccccc23)=[N+]([O-])c2cc(Cl)c(Cl)cc21. The Balaban J connectivity index is 2.01. The number of nitrogens with zero attached hydrogens (tertiary/aromatic N) is 1. The summed E-state index contributed by atoms with van der Waals surface area (Å²) in [5.41, 5.74) is 1.20. The van der Waals surface area contributed by atoms with E-state index < -0.39 is 0 Å². The van der Waals surface area contributed by atoms with Gasteiger partial charge in [0, 0.05) is 6.07 Å². The molecule has 0 saturated carbocycles. The average Bonchev–Trinajstić information content (AvgIpc) is 2.79. The predicted molar refractivity (Wildman–Crippen MR) is 92.1 cm³/mol. The molecule has 3 nitrogen and oxygen atoms in total. The fourth-order valence-corrected chi connectivity index (χ4v) is 3.21. The molecule has 0 amide bonds. The lowest BCUT2D eigenvalue weighted by atomic mass is 9.97. The lowest BCUT2D eigenvalue weighted by Crippen LogP contribution is -2.17. The Bertz CT molecular complexity index is 1020. The third-order valence-corrected chi connectivity index (χ3v) is 4.69. The quantitative estimate of drug-likeness (QED) is 0.463. The van der Waals surface area contributed by atoms with E-state index in [0.29, 0.717) is 10.3 Å². The van der Waals surface area contributed by atoms with Crippen LogP contribution >= 0.6 is 23.2 Å². The third-order valence-electron chi connectivity index (χ3n) is 3.96. The Morgan fingerprint density at radius 2 is 1.57 bits per heavy atom. The van der Waals surface area contributed by atoms with Crippen LogP contribution in [0.5, 0.6) is 0 Å². The second-order valence-corrected chi connectivity index (χ2v) is 6.10. The van der Waals surface area contributed by atoms with Crippen molar-refractivity contribution in [1.29, 1.82) is 0 Å². The standard InChI is InChI=1S/C18H9Cl2NO2/c19-14-8-13-16(9-15(14)20)21(23)17(18(13)22)12-7-3-5-10-4-1-2-6-11(10)12/h1-9H. The number of carbonyl (C=O) groups excluding carboxylic acids is 1. The summed E-state index contributed by atoms with van der Waals surface area (Å²) in [7, 11) is 0. The lowest BCUT2D eigenvalue weighted by molar-refractivity contribution is -0.355. The van der Waals surface area contributed by atoms with E-state index in [1.807, 2.05) is 36.4 Å². The van der Waals surface area contributed by atoms with Gasteiger partial charge in [-0.05, 0) is 22.9 Å². The molecule has 0 bridgehead atoms. The number of carbonyl (C=O) groups is 1. The zero-order valence-electron chi connectivity index (χ0n) is 11.7. The number of hydrogen-bond acceptors (Lipinski definition) is 2.